The number of rotatable bonds is 3. The predicted octanol–water partition coefficient (Wildman–Crippen LogP) is 1.65. The van der Waals surface area contributed by atoms with Gasteiger partial charge in [0.1, 0.15) is 0 Å². The maximum absolute atomic E-state index is 12.1. The minimum atomic E-state index is 0. The van der Waals surface area contributed by atoms with Gasteiger partial charge in [0.15, 0.2) is 0 Å². The third-order valence-electron chi connectivity index (χ3n) is 4.00. The van der Waals surface area contributed by atoms with E-state index in [1.165, 1.54) is 12.8 Å². The molecule has 94 valence electrons. The van der Waals surface area contributed by atoms with Crippen LogP contribution in [0.25, 0.3) is 0 Å². The Kier molecular flexibility index (Phi) is 4.62. The molecule has 0 bridgehead atoms. The first-order valence-electron chi connectivity index (χ1n) is 6.14. The normalized spacial score (nSPS) is 28.4. The zero-order valence-corrected chi connectivity index (χ0v) is 11.0. The standard InChI is InChI=1S/C12H22N2O.ClH/c1-8(10-3-4-10)12(15)14-6-5-11(7-14)9(2)13;/h8-11H,3-7,13H2,1-2H3;1H. The Morgan fingerprint density at radius 1 is 1.25 bits per heavy atom. The highest BCUT2D eigenvalue weighted by Crippen LogP contribution is 2.38. The Bertz CT molecular complexity index is 253. The summed E-state index contributed by atoms with van der Waals surface area (Å²) >= 11 is 0. The van der Waals surface area contributed by atoms with Crippen LogP contribution in [-0.2, 0) is 4.79 Å². The van der Waals surface area contributed by atoms with Crippen LogP contribution in [0.3, 0.4) is 0 Å². The smallest absolute Gasteiger partial charge is 0.225 e. The van der Waals surface area contributed by atoms with Gasteiger partial charge in [-0.3, -0.25) is 4.79 Å². The number of hydrogen-bond acceptors (Lipinski definition) is 2. The van der Waals surface area contributed by atoms with Crippen LogP contribution >= 0.6 is 12.4 Å². The molecule has 1 aliphatic heterocycles. The van der Waals surface area contributed by atoms with Crippen LogP contribution in [0.5, 0.6) is 0 Å². The summed E-state index contributed by atoms with van der Waals surface area (Å²) in [5, 5.41) is 0. The summed E-state index contributed by atoms with van der Waals surface area (Å²) in [6, 6.07) is 0.221. The van der Waals surface area contributed by atoms with Gasteiger partial charge in [-0.15, -0.1) is 12.4 Å². The number of amides is 1. The second kappa shape index (κ2) is 5.37. The monoisotopic (exact) mass is 246 g/mol. The van der Waals surface area contributed by atoms with Crippen LogP contribution in [0.2, 0.25) is 0 Å². The molecule has 16 heavy (non-hydrogen) atoms. The van der Waals surface area contributed by atoms with Gasteiger partial charge >= 0.3 is 0 Å². The highest BCUT2D eigenvalue weighted by Gasteiger charge is 2.37. The average molecular weight is 247 g/mol. The van der Waals surface area contributed by atoms with Crippen molar-refractivity contribution in [3.8, 4) is 0 Å². The summed E-state index contributed by atoms with van der Waals surface area (Å²) in [7, 11) is 0. The number of nitrogens with zero attached hydrogens (tertiary/aromatic N) is 1. The van der Waals surface area contributed by atoms with Crippen molar-refractivity contribution >= 4 is 18.3 Å². The minimum absolute atomic E-state index is 0. The molecule has 2 N–H and O–H groups in total. The largest absolute Gasteiger partial charge is 0.342 e. The van der Waals surface area contributed by atoms with Gasteiger partial charge in [0.25, 0.3) is 0 Å². The van der Waals surface area contributed by atoms with Crippen LogP contribution in [0.15, 0.2) is 0 Å². The summed E-state index contributed by atoms with van der Waals surface area (Å²) < 4.78 is 0. The second-order valence-electron chi connectivity index (χ2n) is 5.32. The topological polar surface area (TPSA) is 46.3 Å². The van der Waals surface area contributed by atoms with Gasteiger partial charge < -0.3 is 10.6 Å². The Morgan fingerprint density at radius 2 is 1.88 bits per heavy atom. The van der Waals surface area contributed by atoms with Crippen LogP contribution < -0.4 is 5.73 Å². The molecule has 3 nitrogen and oxygen atoms in total. The molecule has 2 aliphatic rings. The van der Waals surface area contributed by atoms with E-state index in [2.05, 4.69) is 6.92 Å². The number of likely N-dealkylation sites (tertiary alicyclic amines) is 1. The molecule has 4 heteroatoms. The first-order chi connectivity index (χ1) is 7.09. The molecular formula is C12H23ClN2O. The molecule has 2 rings (SSSR count). The van der Waals surface area contributed by atoms with Crippen molar-refractivity contribution in [3.63, 3.8) is 0 Å². The highest BCUT2D eigenvalue weighted by molar-refractivity contribution is 5.85. The van der Waals surface area contributed by atoms with Gasteiger partial charge in [-0.05, 0) is 38.0 Å². The molecule has 3 unspecified atom stereocenters. The lowest BCUT2D eigenvalue weighted by Gasteiger charge is -2.21. The maximum atomic E-state index is 12.1. The Morgan fingerprint density at radius 3 is 2.31 bits per heavy atom. The molecular weight excluding hydrogens is 224 g/mol. The van der Waals surface area contributed by atoms with Crippen molar-refractivity contribution in [2.45, 2.75) is 39.2 Å². The molecule has 2 fully saturated rings. The molecule has 1 saturated carbocycles. The fraction of sp³-hybridized carbons (Fsp3) is 0.917. The van der Waals surface area contributed by atoms with Crippen LogP contribution in [-0.4, -0.2) is 29.9 Å². The van der Waals surface area contributed by atoms with Crippen molar-refractivity contribution in [2.75, 3.05) is 13.1 Å². The van der Waals surface area contributed by atoms with Gasteiger partial charge in [-0.2, -0.15) is 0 Å². The van der Waals surface area contributed by atoms with E-state index in [1.54, 1.807) is 0 Å². The predicted molar refractivity (Wildman–Crippen MR) is 67.5 cm³/mol. The molecule has 0 radical (unpaired) electrons. The molecule has 0 spiro atoms. The van der Waals surface area contributed by atoms with Crippen LogP contribution in [0.4, 0.5) is 0 Å². The fourth-order valence-corrected chi connectivity index (χ4v) is 2.50. The number of halogens is 1. The third-order valence-corrected chi connectivity index (χ3v) is 4.00. The van der Waals surface area contributed by atoms with Crippen molar-refractivity contribution in [1.82, 2.24) is 4.90 Å². The number of carbonyl (C=O) groups excluding carboxylic acids is 1. The SMILES string of the molecule is CC(N)C1CCN(C(=O)C(C)C2CC2)C1.Cl. The summed E-state index contributed by atoms with van der Waals surface area (Å²) in [6.07, 6.45) is 3.58. The number of hydrogen-bond donors (Lipinski definition) is 1. The van der Waals surface area contributed by atoms with E-state index in [0.717, 1.165) is 19.5 Å². The van der Waals surface area contributed by atoms with E-state index in [0.29, 0.717) is 17.7 Å². The van der Waals surface area contributed by atoms with Gasteiger partial charge in [0, 0.05) is 25.0 Å². The summed E-state index contributed by atoms with van der Waals surface area (Å²) in [5.74, 6) is 1.80. The van der Waals surface area contributed by atoms with E-state index < -0.39 is 0 Å². The molecule has 1 amide bonds. The van der Waals surface area contributed by atoms with Crippen LogP contribution in [0, 0.1) is 17.8 Å². The van der Waals surface area contributed by atoms with E-state index in [9.17, 15) is 4.79 Å². The van der Waals surface area contributed by atoms with Crippen molar-refractivity contribution < 1.29 is 4.79 Å². The lowest BCUT2D eigenvalue weighted by Crippen LogP contribution is -2.36. The van der Waals surface area contributed by atoms with E-state index in [1.807, 2.05) is 11.8 Å². The first-order valence-corrected chi connectivity index (χ1v) is 6.14. The van der Waals surface area contributed by atoms with Crippen molar-refractivity contribution in [1.29, 1.82) is 0 Å². The molecule has 1 saturated heterocycles. The minimum Gasteiger partial charge on any atom is -0.342 e. The first kappa shape index (κ1) is 13.8. The Labute approximate surface area is 104 Å². The van der Waals surface area contributed by atoms with Gasteiger partial charge in [-0.25, -0.2) is 0 Å². The van der Waals surface area contributed by atoms with E-state index >= 15 is 0 Å². The zero-order chi connectivity index (χ0) is 11.0. The lowest BCUT2D eigenvalue weighted by molar-refractivity contribution is -0.134. The Hall–Kier alpha value is -0.280. The molecule has 1 heterocycles. The number of carbonyl (C=O) groups is 1. The highest BCUT2D eigenvalue weighted by atomic mass is 35.5. The third kappa shape index (κ3) is 2.89. The quantitative estimate of drug-likeness (QED) is 0.823. The Balaban J connectivity index is 0.00000128. The van der Waals surface area contributed by atoms with Crippen LogP contribution in [0.1, 0.15) is 33.1 Å². The molecule has 0 aromatic rings. The van der Waals surface area contributed by atoms with Gasteiger partial charge in [0.2, 0.25) is 5.91 Å². The molecule has 0 aromatic carbocycles. The fourth-order valence-electron chi connectivity index (χ4n) is 2.50. The lowest BCUT2D eigenvalue weighted by atomic mass is 10.0. The summed E-state index contributed by atoms with van der Waals surface area (Å²) in [6.45, 7) is 5.93. The van der Waals surface area contributed by atoms with Crippen molar-refractivity contribution in [3.05, 3.63) is 0 Å². The molecule has 3 atom stereocenters. The number of nitrogens with two attached hydrogens (primary N) is 1. The average Bonchev–Trinajstić information content (AvgIpc) is 2.93. The van der Waals surface area contributed by atoms with Crippen molar-refractivity contribution in [2.24, 2.45) is 23.5 Å². The summed E-state index contributed by atoms with van der Waals surface area (Å²) in [4.78, 5) is 14.1. The van der Waals surface area contributed by atoms with E-state index in [-0.39, 0.29) is 24.4 Å². The maximum Gasteiger partial charge on any atom is 0.225 e. The van der Waals surface area contributed by atoms with E-state index in [4.69, 9.17) is 5.73 Å². The molecule has 1 aliphatic carbocycles. The summed E-state index contributed by atoms with van der Waals surface area (Å²) in [5.41, 5.74) is 5.87. The second-order valence-corrected chi connectivity index (χ2v) is 5.32. The molecule has 0 aromatic heterocycles. The van der Waals surface area contributed by atoms with Gasteiger partial charge in [-0.1, -0.05) is 6.92 Å². The zero-order valence-electron chi connectivity index (χ0n) is 10.2. The van der Waals surface area contributed by atoms with Gasteiger partial charge in [0.05, 0.1) is 0 Å².